The molecule has 1 atom stereocenters. The summed E-state index contributed by atoms with van der Waals surface area (Å²) in [5.41, 5.74) is -1.04. The topological polar surface area (TPSA) is 105 Å². The lowest BCUT2D eigenvalue weighted by molar-refractivity contribution is 0.0926. The van der Waals surface area contributed by atoms with E-state index in [2.05, 4.69) is 10.3 Å². The van der Waals surface area contributed by atoms with Crippen LogP contribution in [0.1, 0.15) is 34.2 Å². The van der Waals surface area contributed by atoms with Crippen molar-refractivity contribution in [2.75, 3.05) is 13.2 Å². The number of ether oxygens (including phenoxy) is 1. The Morgan fingerprint density at radius 1 is 1.21 bits per heavy atom. The zero-order chi connectivity index (χ0) is 25.2. The third kappa shape index (κ3) is 5.05. The molecular formula is C22H22F4N4O4. The smallest absolute Gasteiger partial charge is 0.405 e. The number of hydrogen-bond donors (Lipinski definition) is 3. The van der Waals surface area contributed by atoms with Crippen LogP contribution < -0.4 is 15.4 Å². The zero-order valence-electron chi connectivity index (χ0n) is 18.5. The van der Waals surface area contributed by atoms with Gasteiger partial charge in [-0.15, -0.1) is 0 Å². The number of benzene rings is 1. The molecule has 8 nitrogen and oxygen atoms in total. The van der Waals surface area contributed by atoms with Crippen LogP contribution in [0.3, 0.4) is 0 Å². The van der Waals surface area contributed by atoms with Crippen molar-refractivity contribution >= 4 is 17.6 Å². The molecule has 0 fully saturated rings. The standard InChI is InChI=1S/C22H22F4N4O4/c1-11-6-16(34-8-13-14(24)4-5-15(25)17(13)26)19-28-12(2)18(30(19)7-11)20(31)27-10-22(3,9-23)29-21(32)33/h4-7,29H,8-10H2,1-3H3,(H,27,31)(H,32,33). The molecule has 12 heteroatoms. The second-order valence-corrected chi connectivity index (χ2v) is 8.04. The van der Waals surface area contributed by atoms with Gasteiger partial charge >= 0.3 is 6.09 Å². The molecule has 0 aliphatic carbocycles. The predicted molar refractivity (Wildman–Crippen MR) is 113 cm³/mol. The number of fused-ring (bicyclic) bond motifs is 1. The van der Waals surface area contributed by atoms with Gasteiger partial charge in [0.05, 0.1) is 16.8 Å². The average molecular weight is 482 g/mol. The fraction of sp³-hybridized carbons (Fsp3) is 0.318. The molecule has 0 aliphatic heterocycles. The van der Waals surface area contributed by atoms with Crippen molar-refractivity contribution in [1.82, 2.24) is 20.0 Å². The van der Waals surface area contributed by atoms with Crippen LogP contribution in [0, 0.1) is 31.3 Å². The number of rotatable bonds is 8. The quantitative estimate of drug-likeness (QED) is 0.336. The van der Waals surface area contributed by atoms with E-state index in [0.29, 0.717) is 11.6 Å². The number of imidazole rings is 1. The maximum Gasteiger partial charge on any atom is 0.405 e. The Morgan fingerprint density at radius 3 is 2.53 bits per heavy atom. The van der Waals surface area contributed by atoms with E-state index in [1.165, 1.54) is 24.3 Å². The number of carbonyl (C=O) groups is 2. The SMILES string of the molecule is Cc1cc(OCc2c(F)ccc(F)c2F)c2nc(C)c(C(=O)NCC(C)(CF)NC(=O)O)n2c1. The van der Waals surface area contributed by atoms with Gasteiger partial charge in [-0.3, -0.25) is 9.20 Å². The van der Waals surface area contributed by atoms with E-state index in [1.807, 2.05) is 5.32 Å². The number of aryl methyl sites for hydroxylation is 2. The van der Waals surface area contributed by atoms with Gasteiger partial charge in [0.1, 0.15) is 24.8 Å². The van der Waals surface area contributed by atoms with Gasteiger partial charge in [0, 0.05) is 12.7 Å². The van der Waals surface area contributed by atoms with Crippen LogP contribution in [0.2, 0.25) is 0 Å². The molecule has 0 radical (unpaired) electrons. The van der Waals surface area contributed by atoms with Crippen LogP contribution in [0.5, 0.6) is 5.75 Å². The number of carbonyl (C=O) groups excluding carboxylic acids is 1. The molecule has 0 spiro atoms. The summed E-state index contributed by atoms with van der Waals surface area (Å²) in [6, 6.07) is 2.99. The number of nitrogens with one attached hydrogen (secondary N) is 2. The van der Waals surface area contributed by atoms with Crippen LogP contribution in [0.15, 0.2) is 24.4 Å². The van der Waals surface area contributed by atoms with E-state index in [1.54, 1.807) is 13.1 Å². The summed E-state index contributed by atoms with van der Waals surface area (Å²) in [5.74, 6) is -4.13. The van der Waals surface area contributed by atoms with Crippen molar-refractivity contribution in [2.24, 2.45) is 0 Å². The molecule has 0 bridgehead atoms. The number of halogens is 4. The Bertz CT molecular complexity index is 1260. The van der Waals surface area contributed by atoms with E-state index < -0.39 is 53.8 Å². The molecule has 34 heavy (non-hydrogen) atoms. The lowest BCUT2D eigenvalue weighted by Crippen LogP contribution is -2.55. The van der Waals surface area contributed by atoms with E-state index in [-0.39, 0.29) is 29.3 Å². The Morgan fingerprint density at radius 2 is 1.88 bits per heavy atom. The summed E-state index contributed by atoms with van der Waals surface area (Å²) in [6.45, 7) is 2.49. The van der Waals surface area contributed by atoms with Crippen molar-refractivity contribution in [3.8, 4) is 5.75 Å². The van der Waals surface area contributed by atoms with Crippen molar-refractivity contribution in [3.63, 3.8) is 0 Å². The molecule has 3 N–H and O–H groups in total. The van der Waals surface area contributed by atoms with Crippen LogP contribution in [-0.2, 0) is 6.61 Å². The zero-order valence-corrected chi connectivity index (χ0v) is 18.5. The monoisotopic (exact) mass is 482 g/mol. The van der Waals surface area contributed by atoms with E-state index in [4.69, 9.17) is 9.84 Å². The highest BCUT2D eigenvalue weighted by Gasteiger charge is 2.29. The molecule has 2 heterocycles. The van der Waals surface area contributed by atoms with Gasteiger partial charge in [0.25, 0.3) is 5.91 Å². The molecular weight excluding hydrogens is 460 g/mol. The number of alkyl halides is 1. The van der Waals surface area contributed by atoms with Gasteiger partial charge in [-0.1, -0.05) is 0 Å². The van der Waals surface area contributed by atoms with E-state index in [0.717, 1.165) is 6.07 Å². The Balaban J connectivity index is 1.90. The Kier molecular flexibility index (Phi) is 6.99. The molecule has 0 aliphatic rings. The lowest BCUT2D eigenvalue weighted by Gasteiger charge is -2.26. The van der Waals surface area contributed by atoms with Crippen molar-refractivity contribution < 1.29 is 37.0 Å². The number of carboxylic acid groups (broad SMARTS) is 1. The number of amides is 2. The second-order valence-electron chi connectivity index (χ2n) is 8.04. The normalized spacial score (nSPS) is 12.9. The number of hydrogen-bond acceptors (Lipinski definition) is 4. The van der Waals surface area contributed by atoms with E-state index >= 15 is 0 Å². The van der Waals surface area contributed by atoms with Gasteiger partial charge in [0.2, 0.25) is 0 Å². The molecule has 1 unspecified atom stereocenters. The minimum Gasteiger partial charge on any atom is -0.485 e. The minimum absolute atomic E-state index is 0.0724. The fourth-order valence-electron chi connectivity index (χ4n) is 3.33. The van der Waals surface area contributed by atoms with Crippen LogP contribution in [-0.4, -0.2) is 45.2 Å². The highest BCUT2D eigenvalue weighted by atomic mass is 19.2. The lowest BCUT2D eigenvalue weighted by atomic mass is 10.1. The fourth-order valence-corrected chi connectivity index (χ4v) is 3.33. The third-order valence-corrected chi connectivity index (χ3v) is 5.07. The summed E-state index contributed by atoms with van der Waals surface area (Å²) in [7, 11) is 0. The first-order chi connectivity index (χ1) is 16.0. The van der Waals surface area contributed by atoms with Gasteiger partial charge in [-0.05, 0) is 44.5 Å². The first kappa shape index (κ1) is 24.8. The Hall–Kier alpha value is -3.83. The summed E-state index contributed by atoms with van der Waals surface area (Å²) in [5, 5.41) is 13.4. The maximum absolute atomic E-state index is 14.0. The van der Waals surface area contributed by atoms with Crippen molar-refractivity contribution in [2.45, 2.75) is 32.9 Å². The molecule has 0 saturated heterocycles. The molecule has 3 rings (SSSR count). The summed E-state index contributed by atoms with van der Waals surface area (Å²) in [6.07, 6.45) is 0.133. The summed E-state index contributed by atoms with van der Waals surface area (Å²) in [4.78, 5) is 28.1. The summed E-state index contributed by atoms with van der Waals surface area (Å²) < 4.78 is 61.7. The van der Waals surface area contributed by atoms with Crippen LogP contribution in [0.4, 0.5) is 22.4 Å². The molecule has 0 saturated carbocycles. The second kappa shape index (κ2) is 9.57. The van der Waals surface area contributed by atoms with Crippen molar-refractivity contribution in [3.05, 3.63) is 64.4 Å². The van der Waals surface area contributed by atoms with Gasteiger partial charge in [-0.25, -0.2) is 27.3 Å². The maximum atomic E-state index is 14.0. The van der Waals surface area contributed by atoms with Crippen molar-refractivity contribution in [1.29, 1.82) is 0 Å². The van der Waals surface area contributed by atoms with Gasteiger partial charge in [-0.2, -0.15) is 0 Å². The highest BCUT2D eigenvalue weighted by molar-refractivity contribution is 5.95. The third-order valence-electron chi connectivity index (χ3n) is 5.07. The highest BCUT2D eigenvalue weighted by Crippen LogP contribution is 2.26. The number of pyridine rings is 1. The average Bonchev–Trinajstić information content (AvgIpc) is 3.10. The Labute approximate surface area is 191 Å². The molecule has 3 aromatic rings. The van der Waals surface area contributed by atoms with Crippen LogP contribution >= 0.6 is 0 Å². The largest absolute Gasteiger partial charge is 0.485 e. The molecule has 2 amide bonds. The summed E-state index contributed by atoms with van der Waals surface area (Å²) >= 11 is 0. The first-order valence-corrected chi connectivity index (χ1v) is 10.1. The molecule has 1 aromatic carbocycles. The predicted octanol–water partition coefficient (Wildman–Crippen LogP) is 3.67. The number of nitrogens with zero attached hydrogens (tertiary/aromatic N) is 2. The first-order valence-electron chi connectivity index (χ1n) is 10.1. The number of aromatic nitrogens is 2. The molecule has 182 valence electrons. The molecule has 2 aromatic heterocycles. The minimum atomic E-state index is -1.54. The van der Waals surface area contributed by atoms with Crippen LogP contribution in [0.25, 0.3) is 5.65 Å². The van der Waals surface area contributed by atoms with E-state index in [9.17, 15) is 27.2 Å². The van der Waals surface area contributed by atoms with Gasteiger partial charge in [0.15, 0.2) is 23.0 Å². The van der Waals surface area contributed by atoms with Gasteiger partial charge < -0.3 is 20.5 Å².